The van der Waals surface area contributed by atoms with E-state index in [1.165, 1.54) is 0 Å². The highest BCUT2D eigenvalue weighted by atomic mass is 16.4. The molecule has 0 spiro atoms. The van der Waals surface area contributed by atoms with Crippen LogP contribution in [0.15, 0.2) is 41.5 Å². The van der Waals surface area contributed by atoms with Gasteiger partial charge in [-0.25, -0.2) is 4.79 Å². The molecule has 1 fully saturated rings. The number of amides is 1. The number of carboxylic acids is 1. The summed E-state index contributed by atoms with van der Waals surface area (Å²) < 4.78 is 0. The Morgan fingerprint density at radius 3 is 2.45 bits per heavy atom. The highest BCUT2D eigenvalue weighted by Gasteiger charge is 2.23. The fraction of sp³-hybridized carbons (Fsp3) is 0.333. The normalized spacial score (nSPS) is 15.2. The van der Waals surface area contributed by atoms with Crippen molar-refractivity contribution >= 4 is 11.9 Å². The molecule has 1 aromatic rings. The van der Waals surface area contributed by atoms with Gasteiger partial charge in [-0.3, -0.25) is 4.79 Å². The van der Waals surface area contributed by atoms with E-state index >= 15 is 0 Å². The minimum absolute atomic E-state index is 0.281. The fourth-order valence-electron chi connectivity index (χ4n) is 1.99. The van der Waals surface area contributed by atoms with E-state index in [0.717, 1.165) is 11.1 Å². The molecule has 106 valence electrons. The predicted molar refractivity (Wildman–Crippen MR) is 75.3 cm³/mol. The number of carboxylic acid groups (broad SMARTS) is 1. The number of rotatable bonds is 5. The predicted octanol–water partition coefficient (Wildman–Crippen LogP) is 0.718. The molecule has 5 heteroatoms. The minimum Gasteiger partial charge on any atom is -0.480 e. The van der Waals surface area contributed by atoms with Crippen molar-refractivity contribution < 1.29 is 14.7 Å². The van der Waals surface area contributed by atoms with E-state index in [9.17, 15) is 14.7 Å². The van der Waals surface area contributed by atoms with Crippen molar-refractivity contribution in [2.75, 3.05) is 13.1 Å². The minimum atomic E-state index is -1.02. The third-order valence-electron chi connectivity index (χ3n) is 3.43. The first-order valence-electron chi connectivity index (χ1n) is 6.55. The third-order valence-corrected chi connectivity index (χ3v) is 3.43. The maximum atomic E-state index is 12.0. The first-order chi connectivity index (χ1) is 9.58. The summed E-state index contributed by atoms with van der Waals surface area (Å²) in [7, 11) is 0. The molecule has 0 aromatic heterocycles. The molecule has 1 aliphatic heterocycles. The van der Waals surface area contributed by atoms with E-state index in [4.69, 9.17) is 0 Å². The van der Waals surface area contributed by atoms with E-state index in [1.807, 2.05) is 30.3 Å². The van der Waals surface area contributed by atoms with Crippen LogP contribution in [0.1, 0.15) is 12.5 Å². The molecule has 1 heterocycles. The SMILES string of the molecule is CC(C(=O)N[C@@H](Cc1ccccc1)C(=O)O)=C1CNC1. The average Bonchev–Trinajstić information content (AvgIpc) is 2.36. The monoisotopic (exact) mass is 274 g/mol. The Bertz CT molecular complexity index is 531. The quantitative estimate of drug-likeness (QED) is 0.691. The van der Waals surface area contributed by atoms with Crippen molar-refractivity contribution in [2.45, 2.75) is 19.4 Å². The summed E-state index contributed by atoms with van der Waals surface area (Å²) in [6, 6.07) is 8.36. The Morgan fingerprint density at radius 1 is 1.30 bits per heavy atom. The Labute approximate surface area is 117 Å². The van der Waals surface area contributed by atoms with E-state index < -0.39 is 12.0 Å². The Balaban J connectivity index is 2.03. The van der Waals surface area contributed by atoms with Crippen molar-refractivity contribution in [3.63, 3.8) is 0 Å². The van der Waals surface area contributed by atoms with Gasteiger partial charge in [-0.2, -0.15) is 0 Å². The molecule has 0 saturated carbocycles. The Hall–Kier alpha value is -2.14. The molecule has 2 rings (SSSR count). The standard InChI is InChI=1S/C15H18N2O3/c1-10(12-8-16-9-12)14(18)17-13(15(19)20)7-11-5-3-2-4-6-11/h2-6,13,16H,7-9H2,1H3,(H,17,18)(H,19,20)/t13-/m0/s1. The molecule has 0 bridgehead atoms. The first kappa shape index (κ1) is 14.3. The molecular weight excluding hydrogens is 256 g/mol. The van der Waals surface area contributed by atoms with Crippen molar-refractivity contribution in [1.82, 2.24) is 10.6 Å². The summed E-state index contributed by atoms with van der Waals surface area (Å²) >= 11 is 0. The Kier molecular flexibility index (Phi) is 4.53. The van der Waals surface area contributed by atoms with Crippen LogP contribution in [0, 0.1) is 0 Å². The molecule has 0 radical (unpaired) electrons. The number of hydrogen-bond donors (Lipinski definition) is 3. The van der Waals surface area contributed by atoms with Crippen LogP contribution in [0.5, 0.6) is 0 Å². The van der Waals surface area contributed by atoms with Crippen molar-refractivity contribution in [2.24, 2.45) is 0 Å². The van der Waals surface area contributed by atoms with E-state index in [-0.39, 0.29) is 12.3 Å². The summed E-state index contributed by atoms with van der Waals surface area (Å²) in [6.45, 7) is 3.14. The number of carbonyl (C=O) groups excluding carboxylic acids is 1. The lowest BCUT2D eigenvalue weighted by Gasteiger charge is -2.22. The fourth-order valence-corrected chi connectivity index (χ4v) is 1.99. The lowest BCUT2D eigenvalue weighted by atomic mass is 10.0. The van der Waals surface area contributed by atoms with Crippen LogP contribution in [-0.4, -0.2) is 36.1 Å². The van der Waals surface area contributed by atoms with Crippen LogP contribution in [0.25, 0.3) is 0 Å². The van der Waals surface area contributed by atoms with E-state index in [0.29, 0.717) is 18.7 Å². The van der Waals surface area contributed by atoms with Gasteiger partial charge in [-0.1, -0.05) is 30.3 Å². The van der Waals surface area contributed by atoms with Gasteiger partial charge in [0.15, 0.2) is 0 Å². The summed E-state index contributed by atoms with van der Waals surface area (Å²) in [5, 5.41) is 14.9. The summed E-state index contributed by atoms with van der Waals surface area (Å²) in [4.78, 5) is 23.3. The van der Waals surface area contributed by atoms with Crippen LogP contribution in [0.3, 0.4) is 0 Å². The molecule has 1 atom stereocenters. The van der Waals surface area contributed by atoms with Gasteiger partial charge >= 0.3 is 5.97 Å². The lowest BCUT2D eigenvalue weighted by molar-refractivity contribution is -0.141. The number of nitrogens with one attached hydrogen (secondary N) is 2. The lowest BCUT2D eigenvalue weighted by Crippen LogP contribution is -2.44. The van der Waals surface area contributed by atoms with Gasteiger partial charge < -0.3 is 15.7 Å². The highest BCUT2D eigenvalue weighted by molar-refractivity contribution is 5.96. The average molecular weight is 274 g/mol. The second kappa shape index (κ2) is 6.34. The molecule has 0 unspecified atom stereocenters. The zero-order chi connectivity index (χ0) is 14.5. The molecule has 1 saturated heterocycles. The van der Waals surface area contributed by atoms with Gasteiger partial charge in [0.25, 0.3) is 0 Å². The van der Waals surface area contributed by atoms with Gasteiger partial charge in [-0.15, -0.1) is 0 Å². The van der Waals surface area contributed by atoms with Crippen LogP contribution in [-0.2, 0) is 16.0 Å². The molecule has 1 aromatic carbocycles. The van der Waals surface area contributed by atoms with Crippen molar-refractivity contribution in [3.05, 3.63) is 47.0 Å². The molecule has 1 amide bonds. The maximum Gasteiger partial charge on any atom is 0.326 e. The zero-order valence-electron chi connectivity index (χ0n) is 11.3. The first-order valence-corrected chi connectivity index (χ1v) is 6.55. The van der Waals surface area contributed by atoms with Gasteiger partial charge in [0.1, 0.15) is 6.04 Å². The van der Waals surface area contributed by atoms with Crippen LogP contribution in [0.2, 0.25) is 0 Å². The largest absolute Gasteiger partial charge is 0.480 e. The zero-order valence-corrected chi connectivity index (χ0v) is 11.3. The van der Waals surface area contributed by atoms with Crippen molar-refractivity contribution in [1.29, 1.82) is 0 Å². The van der Waals surface area contributed by atoms with E-state index in [1.54, 1.807) is 6.92 Å². The van der Waals surface area contributed by atoms with Crippen LogP contribution in [0.4, 0.5) is 0 Å². The second-order valence-corrected chi connectivity index (χ2v) is 4.89. The summed E-state index contributed by atoms with van der Waals surface area (Å²) in [5.74, 6) is -1.32. The molecule has 20 heavy (non-hydrogen) atoms. The second-order valence-electron chi connectivity index (χ2n) is 4.89. The number of carbonyl (C=O) groups is 2. The Morgan fingerprint density at radius 2 is 1.95 bits per heavy atom. The summed E-state index contributed by atoms with van der Waals surface area (Å²) in [6.07, 6.45) is 0.281. The number of aliphatic carboxylic acids is 1. The highest BCUT2D eigenvalue weighted by Crippen LogP contribution is 2.10. The molecular formula is C15H18N2O3. The topological polar surface area (TPSA) is 78.4 Å². The molecule has 0 aliphatic carbocycles. The van der Waals surface area contributed by atoms with Gasteiger partial charge in [-0.05, 0) is 18.1 Å². The third kappa shape index (κ3) is 3.45. The number of hydrogen-bond acceptors (Lipinski definition) is 3. The van der Waals surface area contributed by atoms with Crippen LogP contribution >= 0.6 is 0 Å². The molecule has 3 N–H and O–H groups in total. The smallest absolute Gasteiger partial charge is 0.326 e. The van der Waals surface area contributed by atoms with Gasteiger partial charge in [0, 0.05) is 25.1 Å². The van der Waals surface area contributed by atoms with E-state index in [2.05, 4.69) is 10.6 Å². The van der Waals surface area contributed by atoms with Crippen molar-refractivity contribution in [3.8, 4) is 0 Å². The van der Waals surface area contributed by atoms with Gasteiger partial charge in [0.2, 0.25) is 5.91 Å². The summed E-state index contributed by atoms with van der Waals surface area (Å²) in [5.41, 5.74) is 2.53. The molecule has 1 aliphatic rings. The van der Waals surface area contributed by atoms with Crippen LogP contribution < -0.4 is 10.6 Å². The molecule has 5 nitrogen and oxygen atoms in total. The number of benzene rings is 1. The maximum absolute atomic E-state index is 12.0. The van der Waals surface area contributed by atoms with Gasteiger partial charge in [0.05, 0.1) is 0 Å².